The van der Waals surface area contributed by atoms with E-state index in [0.717, 1.165) is 48.0 Å². The molecule has 2 aliphatic rings. The second-order valence-electron chi connectivity index (χ2n) is 9.70. The van der Waals surface area contributed by atoms with E-state index in [0.29, 0.717) is 17.7 Å². The van der Waals surface area contributed by atoms with Crippen LogP contribution in [0.2, 0.25) is 0 Å². The number of nitrogens with one attached hydrogen (secondary N) is 1. The Morgan fingerprint density at radius 3 is 2.63 bits per heavy atom. The molecule has 0 spiro atoms. The van der Waals surface area contributed by atoms with Gasteiger partial charge in [0.15, 0.2) is 5.84 Å². The van der Waals surface area contributed by atoms with E-state index in [2.05, 4.69) is 48.3 Å². The van der Waals surface area contributed by atoms with Crippen molar-refractivity contribution in [1.82, 2.24) is 25.0 Å². The van der Waals surface area contributed by atoms with Crippen LogP contribution in [0.5, 0.6) is 11.6 Å². The molecule has 2 atom stereocenters. The van der Waals surface area contributed by atoms with Crippen LogP contribution in [-0.2, 0) is 0 Å². The van der Waals surface area contributed by atoms with Crippen LogP contribution in [0.3, 0.4) is 0 Å². The van der Waals surface area contributed by atoms with Crippen molar-refractivity contribution in [2.45, 2.75) is 58.5 Å². The van der Waals surface area contributed by atoms with Gasteiger partial charge in [-0.05, 0) is 67.5 Å². The molecule has 1 saturated heterocycles. The van der Waals surface area contributed by atoms with Crippen molar-refractivity contribution >= 4 is 5.84 Å². The highest BCUT2D eigenvalue weighted by molar-refractivity contribution is 5.98. The molecule has 1 N–H and O–H groups in total. The zero-order chi connectivity index (χ0) is 24.7. The van der Waals surface area contributed by atoms with Gasteiger partial charge in [-0.15, -0.1) is 0 Å². The van der Waals surface area contributed by atoms with Gasteiger partial charge in [-0.2, -0.15) is 5.01 Å². The smallest absolute Gasteiger partial charge is 0.238 e. The Kier molecular flexibility index (Phi) is 6.23. The number of aliphatic imine (C=N–C) groups is 1. The Morgan fingerprint density at radius 1 is 1.11 bits per heavy atom. The number of methoxy groups -OCH3 is 2. The van der Waals surface area contributed by atoms with Crippen LogP contribution in [0.1, 0.15) is 66.6 Å². The zero-order valence-electron chi connectivity index (χ0n) is 21.4. The quantitative estimate of drug-likeness (QED) is 0.567. The Morgan fingerprint density at radius 2 is 1.94 bits per heavy atom. The molecule has 0 radical (unpaired) electrons. The molecule has 0 aliphatic carbocycles. The number of hydrogen-bond acceptors (Lipinski definition) is 7. The van der Waals surface area contributed by atoms with Gasteiger partial charge in [-0.3, -0.25) is 5.43 Å². The summed E-state index contributed by atoms with van der Waals surface area (Å²) < 4.78 is 13.2. The molecule has 8 heteroatoms. The predicted molar refractivity (Wildman–Crippen MR) is 137 cm³/mol. The highest BCUT2D eigenvalue weighted by Gasteiger charge is 2.38. The first kappa shape index (κ1) is 23.4. The standard InChI is InChI=1S/C27H34N6O2/c1-16(2)20-13-21(17(3)12-24(20)34-5)19-8-7-11-33-26(19)30-25(31-33)22-9-10-23(27(29-22)35-6)32-14-18(4)28-15-32/h9-10,12-16,19,26H,7-8,11H2,1-6H3,(H,30,31). The lowest BCUT2D eigenvalue weighted by molar-refractivity contribution is 0.123. The molecule has 35 heavy (non-hydrogen) atoms. The summed E-state index contributed by atoms with van der Waals surface area (Å²) in [6.07, 6.45) is 5.95. The molecule has 184 valence electrons. The lowest BCUT2D eigenvalue weighted by atomic mass is 9.83. The maximum absolute atomic E-state index is 5.68. The van der Waals surface area contributed by atoms with Gasteiger partial charge in [0, 0.05) is 18.7 Å². The average molecular weight is 475 g/mol. The van der Waals surface area contributed by atoms with Crippen molar-refractivity contribution < 1.29 is 9.47 Å². The first-order valence-electron chi connectivity index (χ1n) is 12.3. The summed E-state index contributed by atoms with van der Waals surface area (Å²) in [5, 5.41) is 2.25. The maximum Gasteiger partial charge on any atom is 0.238 e. The number of benzene rings is 1. The molecule has 8 nitrogen and oxygen atoms in total. The van der Waals surface area contributed by atoms with Crippen LogP contribution in [0.4, 0.5) is 0 Å². The monoisotopic (exact) mass is 474 g/mol. The van der Waals surface area contributed by atoms with E-state index in [9.17, 15) is 0 Å². The van der Waals surface area contributed by atoms with Crippen molar-refractivity contribution in [3.8, 4) is 17.3 Å². The molecule has 2 aromatic heterocycles. The average Bonchev–Trinajstić information content (AvgIpc) is 3.49. The van der Waals surface area contributed by atoms with Gasteiger partial charge in [-0.25, -0.2) is 15.0 Å². The first-order chi connectivity index (χ1) is 16.9. The number of ether oxygens (including phenoxy) is 2. The summed E-state index contributed by atoms with van der Waals surface area (Å²) in [7, 11) is 3.39. The molecule has 3 aromatic rings. The van der Waals surface area contributed by atoms with Gasteiger partial charge in [0.2, 0.25) is 5.88 Å². The molecule has 0 saturated carbocycles. The minimum Gasteiger partial charge on any atom is -0.496 e. The SMILES string of the molecule is COc1cc(C)c(C2CCCN3NC(c4ccc(-n5cnc(C)c5)c(OC)n4)=NC23)cc1C(C)C. The van der Waals surface area contributed by atoms with Crippen molar-refractivity contribution in [3.63, 3.8) is 0 Å². The number of aromatic nitrogens is 3. The molecule has 2 aliphatic heterocycles. The minimum absolute atomic E-state index is 0.0228. The number of fused-ring (bicyclic) bond motifs is 1. The highest BCUT2D eigenvalue weighted by Crippen LogP contribution is 2.40. The van der Waals surface area contributed by atoms with Crippen molar-refractivity contribution in [1.29, 1.82) is 0 Å². The number of nitrogens with zero attached hydrogens (tertiary/aromatic N) is 5. The fraction of sp³-hybridized carbons (Fsp3) is 0.444. The largest absolute Gasteiger partial charge is 0.496 e. The molecule has 1 fully saturated rings. The Balaban J connectivity index is 1.49. The van der Waals surface area contributed by atoms with E-state index < -0.39 is 0 Å². The third-order valence-electron chi connectivity index (χ3n) is 7.01. The molecule has 2 unspecified atom stereocenters. The number of pyridine rings is 1. The van der Waals surface area contributed by atoms with Gasteiger partial charge in [0.1, 0.15) is 23.3 Å². The van der Waals surface area contributed by atoms with Gasteiger partial charge in [0.25, 0.3) is 0 Å². The summed E-state index contributed by atoms with van der Waals surface area (Å²) in [5.74, 6) is 2.97. The number of amidine groups is 1. The molecular weight excluding hydrogens is 440 g/mol. The van der Waals surface area contributed by atoms with Crippen molar-refractivity contribution in [2.75, 3.05) is 20.8 Å². The summed E-state index contributed by atoms with van der Waals surface area (Å²) in [6.45, 7) is 9.51. The van der Waals surface area contributed by atoms with Crippen LogP contribution in [0.15, 0.2) is 41.8 Å². The number of rotatable bonds is 6. The topological polar surface area (TPSA) is 76.8 Å². The molecule has 0 amide bonds. The number of hydrogen-bond donors (Lipinski definition) is 1. The van der Waals surface area contributed by atoms with E-state index in [-0.39, 0.29) is 6.17 Å². The summed E-state index contributed by atoms with van der Waals surface area (Å²) in [6, 6.07) is 8.51. The van der Waals surface area contributed by atoms with Crippen LogP contribution >= 0.6 is 0 Å². The Labute approximate surface area is 207 Å². The van der Waals surface area contributed by atoms with E-state index >= 15 is 0 Å². The molecule has 0 bridgehead atoms. The number of hydrazine groups is 1. The fourth-order valence-electron chi connectivity index (χ4n) is 5.21. The Hall–Kier alpha value is -3.39. The summed E-state index contributed by atoms with van der Waals surface area (Å²) in [5.41, 5.74) is 9.93. The van der Waals surface area contributed by atoms with Crippen LogP contribution in [0, 0.1) is 13.8 Å². The third-order valence-corrected chi connectivity index (χ3v) is 7.01. The van der Waals surface area contributed by atoms with E-state index in [4.69, 9.17) is 19.5 Å². The molecular formula is C27H34N6O2. The number of imidazole rings is 1. The summed E-state index contributed by atoms with van der Waals surface area (Å²) in [4.78, 5) is 14.2. The Bertz CT molecular complexity index is 1260. The van der Waals surface area contributed by atoms with Crippen molar-refractivity contribution in [2.24, 2.45) is 4.99 Å². The van der Waals surface area contributed by atoms with E-state index in [1.165, 1.54) is 16.7 Å². The van der Waals surface area contributed by atoms with Gasteiger partial charge in [0.05, 0.1) is 26.2 Å². The van der Waals surface area contributed by atoms with E-state index in [1.807, 2.05) is 29.8 Å². The van der Waals surface area contributed by atoms with E-state index in [1.54, 1.807) is 20.5 Å². The normalized spacial score (nSPS) is 19.9. The molecule has 1 aromatic carbocycles. The van der Waals surface area contributed by atoms with Crippen molar-refractivity contribution in [3.05, 3.63) is 64.9 Å². The molecule has 4 heterocycles. The second-order valence-corrected chi connectivity index (χ2v) is 9.70. The molecule has 5 rings (SSSR count). The predicted octanol–water partition coefficient (Wildman–Crippen LogP) is 4.50. The first-order valence-corrected chi connectivity index (χ1v) is 12.3. The van der Waals surface area contributed by atoms with Crippen LogP contribution < -0.4 is 14.9 Å². The van der Waals surface area contributed by atoms with Crippen LogP contribution in [0.25, 0.3) is 5.69 Å². The highest BCUT2D eigenvalue weighted by atomic mass is 16.5. The number of piperidine rings is 1. The maximum atomic E-state index is 5.68. The van der Waals surface area contributed by atoms with Gasteiger partial charge >= 0.3 is 0 Å². The number of aryl methyl sites for hydroxylation is 2. The lowest BCUT2D eigenvalue weighted by Crippen LogP contribution is -2.47. The van der Waals surface area contributed by atoms with Gasteiger partial charge < -0.3 is 14.0 Å². The van der Waals surface area contributed by atoms with Crippen LogP contribution in [-0.4, -0.2) is 52.3 Å². The minimum atomic E-state index is 0.0228. The fourth-order valence-corrected chi connectivity index (χ4v) is 5.21. The second kappa shape index (κ2) is 9.34. The zero-order valence-corrected chi connectivity index (χ0v) is 21.4. The summed E-state index contributed by atoms with van der Waals surface area (Å²) >= 11 is 0. The van der Waals surface area contributed by atoms with Gasteiger partial charge in [-0.1, -0.05) is 19.9 Å². The third kappa shape index (κ3) is 4.27. The lowest BCUT2D eigenvalue weighted by Gasteiger charge is -2.35.